The van der Waals surface area contributed by atoms with Crippen LogP contribution in [-0.2, 0) is 0 Å². The minimum atomic E-state index is 0.328. The van der Waals surface area contributed by atoms with E-state index >= 15 is 0 Å². The van der Waals surface area contributed by atoms with Gasteiger partial charge < -0.3 is 5.32 Å². The van der Waals surface area contributed by atoms with Crippen LogP contribution in [0.15, 0.2) is 5.11 Å². The first-order valence-corrected chi connectivity index (χ1v) is 4.76. The molecule has 0 aromatic carbocycles. The lowest BCUT2D eigenvalue weighted by atomic mass is 10.2. The van der Waals surface area contributed by atoms with Gasteiger partial charge in [-0.1, -0.05) is 5.11 Å². The van der Waals surface area contributed by atoms with Crippen molar-refractivity contribution in [3.8, 4) is 0 Å². The summed E-state index contributed by atoms with van der Waals surface area (Å²) in [4.78, 5) is 2.73. The van der Waals surface area contributed by atoms with E-state index in [2.05, 4.69) is 22.3 Å². The van der Waals surface area contributed by atoms with E-state index in [0.29, 0.717) is 18.0 Å². The molecule has 1 heterocycles. The molecule has 1 aliphatic rings. The van der Waals surface area contributed by atoms with Crippen LogP contribution in [0.2, 0.25) is 0 Å². The molecule has 1 rings (SSSR count). The Kier molecular flexibility index (Phi) is 3.56. The zero-order valence-electron chi connectivity index (χ0n) is 6.53. The number of hydrogen-bond donors (Lipinski definition) is 1. The maximum atomic E-state index is 8.08. The summed E-state index contributed by atoms with van der Waals surface area (Å²) in [6.45, 7) is 2.72. The molecular weight excluding hydrogens is 160 g/mol. The summed E-state index contributed by atoms with van der Waals surface area (Å²) >= 11 is 1.83. The van der Waals surface area contributed by atoms with Gasteiger partial charge in [0.25, 0.3) is 0 Å². The van der Waals surface area contributed by atoms with Crippen molar-refractivity contribution in [3.63, 3.8) is 0 Å². The first-order valence-electron chi connectivity index (χ1n) is 3.71. The van der Waals surface area contributed by atoms with Crippen LogP contribution in [0.3, 0.4) is 0 Å². The van der Waals surface area contributed by atoms with E-state index in [0.717, 1.165) is 0 Å². The highest BCUT2D eigenvalue weighted by Crippen LogP contribution is 2.17. The van der Waals surface area contributed by atoms with Crippen molar-refractivity contribution < 1.29 is 0 Å². The van der Waals surface area contributed by atoms with Gasteiger partial charge in [0.15, 0.2) is 0 Å². The summed E-state index contributed by atoms with van der Waals surface area (Å²) in [7, 11) is 0. The SMILES string of the molecule is CC1CCSC(CN=[N+]=[N-])N1. The van der Waals surface area contributed by atoms with Gasteiger partial charge in [-0.15, -0.1) is 11.8 Å². The average molecular weight is 172 g/mol. The van der Waals surface area contributed by atoms with Gasteiger partial charge in [0.1, 0.15) is 0 Å². The van der Waals surface area contributed by atoms with Crippen molar-refractivity contribution >= 4 is 11.8 Å². The van der Waals surface area contributed by atoms with Gasteiger partial charge in [0.2, 0.25) is 0 Å². The van der Waals surface area contributed by atoms with Crippen molar-refractivity contribution in [1.29, 1.82) is 0 Å². The Bertz CT molecular complexity index is 166. The molecule has 5 heteroatoms. The molecule has 0 bridgehead atoms. The average Bonchev–Trinajstić information content (AvgIpc) is 2.01. The fourth-order valence-electron chi connectivity index (χ4n) is 1.05. The van der Waals surface area contributed by atoms with E-state index in [1.807, 2.05) is 11.8 Å². The summed E-state index contributed by atoms with van der Waals surface area (Å²) in [5, 5.41) is 7.20. The smallest absolute Gasteiger partial charge is 0.0590 e. The molecule has 0 aliphatic carbocycles. The van der Waals surface area contributed by atoms with Crippen LogP contribution in [0.1, 0.15) is 13.3 Å². The predicted octanol–water partition coefficient (Wildman–Crippen LogP) is 1.74. The molecule has 4 nitrogen and oxygen atoms in total. The lowest BCUT2D eigenvalue weighted by Crippen LogP contribution is -2.40. The Hall–Kier alpha value is -0.380. The first-order chi connectivity index (χ1) is 5.33. The normalized spacial score (nSPS) is 31.0. The molecule has 0 spiro atoms. The molecule has 11 heavy (non-hydrogen) atoms. The van der Waals surface area contributed by atoms with Crippen LogP contribution in [-0.4, -0.2) is 23.7 Å². The van der Waals surface area contributed by atoms with E-state index < -0.39 is 0 Å². The van der Waals surface area contributed by atoms with Gasteiger partial charge in [0.05, 0.1) is 11.9 Å². The van der Waals surface area contributed by atoms with Gasteiger partial charge in [-0.05, 0) is 24.6 Å². The predicted molar refractivity (Wildman–Crippen MR) is 47.5 cm³/mol. The Morgan fingerprint density at radius 1 is 1.82 bits per heavy atom. The third kappa shape index (κ3) is 3.01. The number of rotatable bonds is 2. The molecule has 1 saturated heterocycles. The Balaban J connectivity index is 2.27. The highest BCUT2D eigenvalue weighted by molar-refractivity contribution is 7.99. The summed E-state index contributed by atoms with van der Waals surface area (Å²) in [6.07, 6.45) is 1.21. The Morgan fingerprint density at radius 2 is 2.64 bits per heavy atom. The van der Waals surface area contributed by atoms with E-state index in [1.54, 1.807) is 0 Å². The third-order valence-corrected chi connectivity index (χ3v) is 2.81. The molecule has 1 fully saturated rings. The van der Waals surface area contributed by atoms with Crippen molar-refractivity contribution in [3.05, 3.63) is 10.4 Å². The molecule has 1 aliphatic heterocycles. The molecular formula is C6H12N4S. The fraction of sp³-hybridized carbons (Fsp3) is 1.00. The van der Waals surface area contributed by atoms with Gasteiger partial charge in [0, 0.05) is 11.0 Å². The molecule has 2 atom stereocenters. The van der Waals surface area contributed by atoms with E-state index in [9.17, 15) is 0 Å². The molecule has 0 aromatic rings. The van der Waals surface area contributed by atoms with Gasteiger partial charge in [-0.25, -0.2) is 0 Å². The molecule has 62 valence electrons. The lowest BCUT2D eigenvalue weighted by Gasteiger charge is -2.26. The molecule has 1 N–H and O–H groups in total. The van der Waals surface area contributed by atoms with Crippen LogP contribution in [0.25, 0.3) is 10.4 Å². The van der Waals surface area contributed by atoms with Gasteiger partial charge >= 0.3 is 0 Å². The van der Waals surface area contributed by atoms with Crippen LogP contribution >= 0.6 is 11.8 Å². The van der Waals surface area contributed by atoms with E-state index in [4.69, 9.17) is 5.53 Å². The van der Waals surface area contributed by atoms with Crippen LogP contribution in [0, 0.1) is 0 Å². The van der Waals surface area contributed by atoms with Crippen molar-refractivity contribution in [2.45, 2.75) is 24.8 Å². The highest BCUT2D eigenvalue weighted by Gasteiger charge is 2.16. The molecule has 0 saturated carbocycles. The summed E-state index contributed by atoms with van der Waals surface area (Å²) in [5.41, 5.74) is 8.08. The second-order valence-electron chi connectivity index (χ2n) is 2.63. The van der Waals surface area contributed by atoms with E-state index in [1.165, 1.54) is 12.2 Å². The third-order valence-electron chi connectivity index (χ3n) is 1.65. The summed E-state index contributed by atoms with van der Waals surface area (Å²) in [6, 6.07) is 0.565. The van der Waals surface area contributed by atoms with Crippen molar-refractivity contribution in [2.24, 2.45) is 5.11 Å². The largest absolute Gasteiger partial charge is 0.303 e. The molecule has 2 unspecified atom stereocenters. The molecule has 0 radical (unpaired) electrons. The van der Waals surface area contributed by atoms with Crippen molar-refractivity contribution in [1.82, 2.24) is 5.32 Å². The topological polar surface area (TPSA) is 60.8 Å². The maximum Gasteiger partial charge on any atom is 0.0590 e. The quantitative estimate of drug-likeness (QED) is 0.392. The Morgan fingerprint density at radius 3 is 3.27 bits per heavy atom. The monoisotopic (exact) mass is 172 g/mol. The van der Waals surface area contributed by atoms with Crippen LogP contribution < -0.4 is 5.32 Å². The fourth-order valence-corrected chi connectivity index (χ4v) is 2.33. The first kappa shape index (κ1) is 8.71. The lowest BCUT2D eigenvalue weighted by molar-refractivity contribution is 0.505. The Labute approximate surface area is 70.4 Å². The van der Waals surface area contributed by atoms with Crippen molar-refractivity contribution in [2.75, 3.05) is 12.3 Å². The summed E-state index contributed by atoms with van der Waals surface area (Å²) in [5.74, 6) is 1.17. The maximum absolute atomic E-state index is 8.08. The number of nitrogens with zero attached hydrogens (tertiary/aromatic N) is 3. The molecule has 0 aromatic heterocycles. The second kappa shape index (κ2) is 4.49. The zero-order chi connectivity index (χ0) is 8.10. The number of hydrogen-bond acceptors (Lipinski definition) is 3. The van der Waals surface area contributed by atoms with Crippen LogP contribution in [0.4, 0.5) is 0 Å². The van der Waals surface area contributed by atoms with E-state index in [-0.39, 0.29) is 0 Å². The summed E-state index contributed by atoms with van der Waals surface area (Å²) < 4.78 is 0. The number of azide groups is 1. The number of thioether (sulfide) groups is 1. The minimum absolute atomic E-state index is 0.328. The zero-order valence-corrected chi connectivity index (χ0v) is 7.34. The highest BCUT2D eigenvalue weighted by atomic mass is 32.2. The van der Waals surface area contributed by atoms with Gasteiger partial charge in [-0.3, -0.25) is 0 Å². The van der Waals surface area contributed by atoms with Gasteiger partial charge in [-0.2, -0.15) is 0 Å². The minimum Gasteiger partial charge on any atom is -0.303 e. The number of nitrogens with one attached hydrogen (secondary N) is 1. The second-order valence-corrected chi connectivity index (χ2v) is 3.94. The van der Waals surface area contributed by atoms with Crippen LogP contribution in [0.5, 0.6) is 0 Å². The standard InChI is InChI=1S/C6H12N4S/c1-5-2-3-11-6(9-5)4-8-10-7/h5-6,9H,2-4H2,1H3. The molecule has 0 amide bonds.